The van der Waals surface area contributed by atoms with Crippen LogP contribution in [-0.4, -0.2) is 58.8 Å². The molecule has 1 aliphatic carbocycles. The first kappa shape index (κ1) is 18.0. The number of furan rings is 1. The van der Waals surface area contributed by atoms with Crippen LogP contribution in [0.25, 0.3) is 0 Å². The molecule has 146 valence electrons. The largest absolute Gasteiger partial charge is 0.472 e. The molecule has 1 N–H and O–H groups in total. The summed E-state index contributed by atoms with van der Waals surface area (Å²) in [5.41, 5.74) is 1.11. The van der Waals surface area contributed by atoms with Crippen molar-refractivity contribution in [1.82, 2.24) is 9.80 Å². The van der Waals surface area contributed by atoms with E-state index in [0.29, 0.717) is 37.4 Å². The third-order valence-electron chi connectivity index (χ3n) is 5.00. The molecule has 1 saturated heterocycles. The standard InChI is InChI=1S/C19H20N4O5/c24-18(13-1-4-16(20-15-2-3-15)17(11-13)23(26)27)21-6-8-22(9-7-21)19(25)14-5-10-28-12-14/h1,4-5,10-12,15,20H,2-3,6-9H2. The lowest BCUT2D eigenvalue weighted by molar-refractivity contribution is -0.384. The molecule has 1 aliphatic heterocycles. The minimum atomic E-state index is -0.469. The number of piperazine rings is 1. The summed E-state index contributed by atoms with van der Waals surface area (Å²) in [5, 5.41) is 14.5. The van der Waals surface area contributed by atoms with E-state index in [1.54, 1.807) is 28.0 Å². The fourth-order valence-corrected chi connectivity index (χ4v) is 3.25. The van der Waals surface area contributed by atoms with E-state index in [2.05, 4.69) is 5.32 Å². The second kappa shape index (κ2) is 7.34. The molecule has 1 saturated carbocycles. The van der Waals surface area contributed by atoms with Gasteiger partial charge < -0.3 is 19.5 Å². The van der Waals surface area contributed by atoms with Gasteiger partial charge in [-0.2, -0.15) is 0 Å². The zero-order valence-electron chi connectivity index (χ0n) is 15.2. The van der Waals surface area contributed by atoms with Gasteiger partial charge in [-0.15, -0.1) is 0 Å². The Hall–Kier alpha value is -3.36. The molecule has 2 fully saturated rings. The highest BCUT2D eigenvalue weighted by atomic mass is 16.6. The average molecular weight is 384 g/mol. The van der Waals surface area contributed by atoms with Crippen LogP contribution < -0.4 is 5.32 Å². The molecule has 0 spiro atoms. The lowest BCUT2D eigenvalue weighted by atomic mass is 10.1. The minimum Gasteiger partial charge on any atom is -0.472 e. The third-order valence-corrected chi connectivity index (χ3v) is 5.00. The molecule has 0 bridgehead atoms. The number of carbonyl (C=O) groups is 2. The van der Waals surface area contributed by atoms with Gasteiger partial charge in [0.2, 0.25) is 0 Å². The lowest BCUT2D eigenvalue weighted by Crippen LogP contribution is -2.50. The predicted molar refractivity (Wildman–Crippen MR) is 100 cm³/mol. The van der Waals surface area contributed by atoms with Crippen LogP contribution in [0, 0.1) is 10.1 Å². The molecule has 1 aromatic carbocycles. The van der Waals surface area contributed by atoms with Gasteiger partial charge in [0, 0.05) is 43.9 Å². The van der Waals surface area contributed by atoms with Crippen LogP contribution in [0.1, 0.15) is 33.6 Å². The van der Waals surface area contributed by atoms with Crippen LogP contribution in [0.5, 0.6) is 0 Å². The molecule has 0 radical (unpaired) electrons. The van der Waals surface area contributed by atoms with Crippen LogP contribution in [0.2, 0.25) is 0 Å². The van der Waals surface area contributed by atoms with E-state index in [9.17, 15) is 19.7 Å². The highest BCUT2D eigenvalue weighted by Crippen LogP contribution is 2.31. The number of anilines is 1. The number of rotatable bonds is 5. The number of nitro groups is 1. The number of nitrogens with one attached hydrogen (secondary N) is 1. The lowest BCUT2D eigenvalue weighted by Gasteiger charge is -2.34. The van der Waals surface area contributed by atoms with Gasteiger partial charge in [0.15, 0.2) is 0 Å². The molecule has 9 nitrogen and oxygen atoms in total. The minimum absolute atomic E-state index is 0.0912. The molecule has 0 atom stereocenters. The van der Waals surface area contributed by atoms with Gasteiger partial charge in [-0.1, -0.05) is 0 Å². The van der Waals surface area contributed by atoms with Crippen molar-refractivity contribution in [3.05, 3.63) is 58.0 Å². The van der Waals surface area contributed by atoms with Crippen LogP contribution in [0.15, 0.2) is 41.2 Å². The Kier molecular flexibility index (Phi) is 4.72. The summed E-state index contributed by atoms with van der Waals surface area (Å²) < 4.78 is 4.94. The number of carbonyl (C=O) groups excluding carboxylic acids is 2. The Bertz CT molecular complexity index is 899. The van der Waals surface area contributed by atoms with E-state index in [4.69, 9.17) is 4.42 Å². The van der Waals surface area contributed by atoms with E-state index in [1.807, 2.05) is 0 Å². The average Bonchev–Trinajstić information content (AvgIpc) is 3.36. The summed E-state index contributed by atoms with van der Waals surface area (Å²) in [5.74, 6) is -0.400. The monoisotopic (exact) mass is 384 g/mol. The second-order valence-corrected chi connectivity index (χ2v) is 7.00. The molecule has 2 aliphatic rings. The van der Waals surface area contributed by atoms with E-state index in [1.165, 1.54) is 18.6 Å². The first-order valence-corrected chi connectivity index (χ1v) is 9.18. The van der Waals surface area contributed by atoms with Crippen molar-refractivity contribution in [3.63, 3.8) is 0 Å². The van der Waals surface area contributed by atoms with Crippen LogP contribution in [0.4, 0.5) is 11.4 Å². The van der Waals surface area contributed by atoms with E-state index >= 15 is 0 Å². The quantitative estimate of drug-likeness (QED) is 0.626. The van der Waals surface area contributed by atoms with Gasteiger partial charge >= 0.3 is 0 Å². The fourth-order valence-electron chi connectivity index (χ4n) is 3.25. The highest BCUT2D eigenvalue weighted by Gasteiger charge is 2.29. The summed E-state index contributed by atoms with van der Waals surface area (Å²) in [7, 11) is 0. The van der Waals surface area contributed by atoms with E-state index in [0.717, 1.165) is 12.8 Å². The first-order chi connectivity index (χ1) is 13.5. The van der Waals surface area contributed by atoms with Gasteiger partial charge in [-0.3, -0.25) is 19.7 Å². The van der Waals surface area contributed by atoms with Crippen molar-refractivity contribution in [2.45, 2.75) is 18.9 Å². The van der Waals surface area contributed by atoms with Crippen LogP contribution >= 0.6 is 0 Å². The zero-order valence-corrected chi connectivity index (χ0v) is 15.2. The maximum absolute atomic E-state index is 12.8. The summed E-state index contributed by atoms with van der Waals surface area (Å²) in [6, 6.07) is 6.43. The smallest absolute Gasteiger partial charge is 0.293 e. The zero-order chi connectivity index (χ0) is 19.7. The molecule has 9 heteroatoms. The van der Waals surface area contributed by atoms with Crippen molar-refractivity contribution in [2.24, 2.45) is 0 Å². The number of hydrogen-bond acceptors (Lipinski definition) is 6. The van der Waals surface area contributed by atoms with Crippen LogP contribution in [-0.2, 0) is 0 Å². The van der Waals surface area contributed by atoms with Gasteiger partial charge in [0.05, 0.1) is 16.7 Å². The van der Waals surface area contributed by atoms with Crippen molar-refractivity contribution in [3.8, 4) is 0 Å². The Labute approximate surface area is 161 Å². The van der Waals surface area contributed by atoms with Crippen molar-refractivity contribution < 1.29 is 18.9 Å². The Morgan fingerprint density at radius 2 is 1.68 bits per heavy atom. The number of hydrogen-bond donors (Lipinski definition) is 1. The molecule has 4 rings (SSSR count). The molecular weight excluding hydrogens is 364 g/mol. The second-order valence-electron chi connectivity index (χ2n) is 7.00. The predicted octanol–water partition coefficient (Wildman–Crippen LogP) is 2.36. The van der Waals surface area contributed by atoms with E-state index in [-0.39, 0.29) is 29.1 Å². The topological polar surface area (TPSA) is 109 Å². The normalized spacial score (nSPS) is 16.7. The molecule has 28 heavy (non-hydrogen) atoms. The van der Waals surface area contributed by atoms with Gasteiger partial charge in [0.1, 0.15) is 12.0 Å². The third kappa shape index (κ3) is 3.68. The van der Waals surface area contributed by atoms with Crippen molar-refractivity contribution >= 4 is 23.2 Å². The maximum Gasteiger partial charge on any atom is 0.293 e. The van der Waals surface area contributed by atoms with Crippen molar-refractivity contribution in [1.29, 1.82) is 0 Å². The van der Waals surface area contributed by atoms with Crippen LogP contribution in [0.3, 0.4) is 0 Å². The Balaban J connectivity index is 1.43. The highest BCUT2D eigenvalue weighted by molar-refractivity contribution is 5.96. The number of nitro benzene ring substituents is 1. The molecule has 0 unspecified atom stereocenters. The van der Waals surface area contributed by atoms with Gasteiger partial charge in [-0.25, -0.2) is 0 Å². The Morgan fingerprint density at radius 1 is 1.04 bits per heavy atom. The maximum atomic E-state index is 12.8. The summed E-state index contributed by atoms with van der Waals surface area (Å²) in [6.07, 6.45) is 4.84. The SMILES string of the molecule is O=C(c1ccoc1)N1CCN(C(=O)c2ccc(NC3CC3)c([N+](=O)[O-])c2)CC1. The van der Waals surface area contributed by atoms with Crippen molar-refractivity contribution in [2.75, 3.05) is 31.5 Å². The molecule has 2 amide bonds. The summed E-state index contributed by atoms with van der Waals surface area (Å²) >= 11 is 0. The molecule has 1 aromatic heterocycles. The number of nitrogens with zero attached hydrogens (tertiary/aromatic N) is 3. The van der Waals surface area contributed by atoms with Gasteiger partial charge in [0.25, 0.3) is 17.5 Å². The molecule has 2 aromatic rings. The first-order valence-electron chi connectivity index (χ1n) is 9.18. The number of amides is 2. The number of benzene rings is 1. The van der Waals surface area contributed by atoms with Gasteiger partial charge in [-0.05, 0) is 31.0 Å². The molecule has 2 heterocycles. The summed E-state index contributed by atoms with van der Waals surface area (Å²) in [6.45, 7) is 1.55. The fraction of sp³-hybridized carbons (Fsp3) is 0.368. The Morgan fingerprint density at radius 3 is 2.21 bits per heavy atom. The molecular formula is C19H20N4O5. The van der Waals surface area contributed by atoms with E-state index < -0.39 is 4.92 Å². The summed E-state index contributed by atoms with van der Waals surface area (Å²) in [4.78, 5) is 39.3.